The van der Waals surface area contributed by atoms with Crippen LogP contribution in [0.3, 0.4) is 0 Å². The Bertz CT molecular complexity index is 1430. The maximum absolute atomic E-state index is 12.6. The molecule has 3 N–H and O–H groups in total. The average molecular weight is 516 g/mol. The van der Waals surface area contributed by atoms with E-state index in [-0.39, 0.29) is 25.0 Å². The SMILES string of the molecule is Cc1cc(-c2cccc(-c3csc(NC(=O)CNC(=O)c4cccc(C(C)(C)CO)c4)n3)c2)nc(C)n1. The van der Waals surface area contributed by atoms with Crippen molar-refractivity contribution in [3.8, 4) is 22.5 Å². The smallest absolute Gasteiger partial charge is 0.251 e. The Kier molecular flexibility index (Phi) is 7.75. The van der Waals surface area contributed by atoms with Crippen LogP contribution in [0, 0.1) is 13.8 Å². The highest BCUT2D eigenvalue weighted by molar-refractivity contribution is 7.14. The number of rotatable bonds is 8. The summed E-state index contributed by atoms with van der Waals surface area (Å²) in [7, 11) is 0. The van der Waals surface area contributed by atoms with E-state index in [0.29, 0.717) is 16.5 Å². The van der Waals surface area contributed by atoms with Crippen LogP contribution in [0.25, 0.3) is 22.5 Å². The molecule has 0 unspecified atom stereocenters. The van der Waals surface area contributed by atoms with Gasteiger partial charge in [0.15, 0.2) is 5.13 Å². The molecule has 4 rings (SSSR count). The number of hydrogen-bond acceptors (Lipinski definition) is 7. The van der Waals surface area contributed by atoms with Crippen molar-refractivity contribution in [2.75, 3.05) is 18.5 Å². The molecule has 0 fully saturated rings. The third-order valence-electron chi connectivity index (χ3n) is 5.88. The predicted octanol–water partition coefficient (Wildman–Crippen LogP) is 4.52. The Morgan fingerprint density at radius 2 is 1.68 bits per heavy atom. The molecule has 0 saturated heterocycles. The molecule has 0 bridgehead atoms. The summed E-state index contributed by atoms with van der Waals surface area (Å²) >= 11 is 1.31. The van der Waals surface area contributed by atoms with Gasteiger partial charge in [-0.3, -0.25) is 9.59 Å². The number of nitrogens with one attached hydrogen (secondary N) is 2. The number of benzene rings is 2. The number of nitrogens with zero attached hydrogens (tertiary/aromatic N) is 3. The molecule has 0 aliphatic rings. The molecule has 2 heterocycles. The first kappa shape index (κ1) is 26.1. The van der Waals surface area contributed by atoms with Crippen LogP contribution >= 0.6 is 11.3 Å². The maximum atomic E-state index is 12.6. The molecule has 0 saturated carbocycles. The highest BCUT2D eigenvalue weighted by Gasteiger charge is 2.20. The molecular formula is C28H29N5O3S. The lowest BCUT2D eigenvalue weighted by Gasteiger charge is -2.22. The predicted molar refractivity (Wildman–Crippen MR) is 146 cm³/mol. The molecule has 0 spiro atoms. The minimum Gasteiger partial charge on any atom is -0.395 e. The van der Waals surface area contributed by atoms with Gasteiger partial charge in [-0.2, -0.15) is 0 Å². The third-order valence-corrected chi connectivity index (χ3v) is 6.64. The number of carbonyl (C=O) groups excluding carboxylic acids is 2. The van der Waals surface area contributed by atoms with E-state index < -0.39 is 5.41 Å². The molecule has 2 aromatic carbocycles. The average Bonchev–Trinajstić information content (AvgIpc) is 3.35. The van der Waals surface area contributed by atoms with Crippen molar-refractivity contribution in [1.29, 1.82) is 0 Å². The van der Waals surface area contributed by atoms with E-state index in [9.17, 15) is 14.7 Å². The van der Waals surface area contributed by atoms with Gasteiger partial charge in [-0.15, -0.1) is 11.3 Å². The molecule has 0 atom stereocenters. The van der Waals surface area contributed by atoms with E-state index in [4.69, 9.17) is 0 Å². The molecule has 4 aromatic rings. The molecule has 0 aliphatic heterocycles. The van der Waals surface area contributed by atoms with E-state index in [1.165, 1.54) is 11.3 Å². The fourth-order valence-electron chi connectivity index (χ4n) is 3.77. The fourth-order valence-corrected chi connectivity index (χ4v) is 4.50. The van der Waals surface area contributed by atoms with Gasteiger partial charge >= 0.3 is 0 Å². The Hall–Kier alpha value is -3.95. The molecule has 0 aliphatic carbocycles. The van der Waals surface area contributed by atoms with Gasteiger partial charge in [0.2, 0.25) is 5.91 Å². The Morgan fingerprint density at radius 3 is 2.41 bits per heavy atom. The van der Waals surface area contributed by atoms with Gasteiger partial charge in [-0.25, -0.2) is 15.0 Å². The number of aromatic nitrogens is 3. The minimum absolute atomic E-state index is 0.0411. The Morgan fingerprint density at radius 1 is 0.946 bits per heavy atom. The van der Waals surface area contributed by atoms with Gasteiger partial charge in [0.1, 0.15) is 5.82 Å². The zero-order valence-electron chi connectivity index (χ0n) is 21.2. The maximum Gasteiger partial charge on any atom is 0.251 e. The number of hydrogen-bond donors (Lipinski definition) is 3. The summed E-state index contributed by atoms with van der Waals surface area (Å²) < 4.78 is 0. The van der Waals surface area contributed by atoms with Crippen LogP contribution in [0.15, 0.2) is 60.0 Å². The highest BCUT2D eigenvalue weighted by Crippen LogP contribution is 2.28. The number of carbonyl (C=O) groups is 2. The van der Waals surface area contributed by atoms with Crippen molar-refractivity contribution in [3.05, 3.63) is 82.6 Å². The Labute approximate surface area is 219 Å². The molecule has 8 nitrogen and oxygen atoms in total. The van der Waals surface area contributed by atoms with E-state index in [1.54, 1.807) is 18.2 Å². The van der Waals surface area contributed by atoms with Crippen LogP contribution < -0.4 is 10.6 Å². The summed E-state index contributed by atoms with van der Waals surface area (Å²) in [5, 5.41) is 17.3. The lowest BCUT2D eigenvalue weighted by Crippen LogP contribution is -2.33. The zero-order valence-corrected chi connectivity index (χ0v) is 22.0. The summed E-state index contributed by atoms with van der Waals surface area (Å²) in [6, 6.07) is 16.9. The van der Waals surface area contributed by atoms with Gasteiger partial charge in [-0.1, -0.05) is 44.2 Å². The topological polar surface area (TPSA) is 117 Å². The third kappa shape index (κ3) is 6.44. The van der Waals surface area contributed by atoms with Crippen LogP contribution in [0.5, 0.6) is 0 Å². The van der Waals surface area contributed by atoms with Crippen LogP contribution in [0.2, 0.25) is 0 Å². The van der Waals surface area contributed by atoms with E-state index in [0.717, 1.165) is 33.8 Å². The summed E-state index contributed by atoms with van der Waals surface area (Å²) in [4.78, 5) is 38.4. The first-order chi connectivity index (χ1) is 17.6. The number of anilines is 1. The van der Waals surface area contributed by atoms with E-state index in [2.05, 4.69) is 25.6 Å². The van der Waals surface area contributed by atoms with Gasteiger partial charge in [-0.05, 0) is 43.7 Å². The van der Waals surface area contributed by atoms with E-state index >= 15 is 0 Å². The lowest BCUT2D eigenvalue weighted by molar-refractivity contribution is -0.115. The first-order valence-corrected chi connectivity index (χ1v) is 12.7. The first-order valence-electron chi connectivity index (χ1n) is 11.8. The van der Waals surface area contributed by atoms with Crippen molar-refractivity contribution < 1.29 is 14.7 Å². The summed E-state index contributed by atoms with van der Waals surface area (Å²) in [5.41, 5.74) is 5.14. The summed E-state index contributed by atoms with van der Waals surface area (Å²) in [6.07, 6.45) is 0. The summed E-state index contributed by atoms with van der Waals surface area (Å²) in [6.45, 7) is 7.37. The fraction of sp³-hybridized carbons (Fsp3) is 0.250. The van der Waals surface area contributed by atoms with Crippen molar-refractivity contribution in [3.63, 3.8) is 0 Å². The van der Waals surface area contributed by atoms with Crippen molar-refractivity contribution in [2.24, 2.45) is 0 Å². The van der Waals surface area contributed by atoms with Crippen LogP contribution in [0.4, 0.5) is 5.13 Å². The van der Waals surface area contributed by atoms with Crippen molar-refractivity contribution >= 4 is 28.3 Å². The minimum atomic E-state index is -0.470. The standard InChI is InChI=1S/C28H29N5O3S/c1-17-11-23(31-18(2)30-17)19-7-5-8-20(12-19)24-15-37-27(32-24)33-25(35)14-29-26(36)21-9-6-10-22(13-21)28(3,4)16-34/h5-13,15,34H,14,16H2,1-4H3,(H,29,36)(H,32,33,35). The number of amides is 2. The van der Waals surface area contributed by atoms with E-state index in [1.807, 2.05) is 69.5 Å². The lowest BCUT2D eigenvalue weighted by atomic mass is 9.85. The second kappa shape index (κ2) is 11.0. The molecule has 190 valence electrons. The van der Waals surface area contributed by atoms with Gasteiger partial charge in [0, 0.05) is 33.2 Å². The normalized spacial score (nSPS) is 11.3. The molecule has 37 heavy (non-hydrogen) atoms. The number of aliphatic hydroxyl groups is 1. The second-order valence-corrected chi connectivity index (χ2v) is 10.3. The molecular weight excluding hydrogens is 486 g/mol. The highest BCUT2D eigenvalue weighted by atomic mass is 32.1. The Balaban J connectivity index is 1.38. The van der Waals surface area contributed by atoms with Gasteiger partial charge in [0.25, 0.3) is 5.91 Å². The zero-order chi connectivity index (χ0) is 26.6. The molecule has 0 radical (unpaired) electrons. The number of aryl methyl sites for hydroxylation is 2. The number of thiazole rings is 1. The summed E-state index contributed by atoms with van der Waals surface area (Å²) in [5.74, 6) is -0.0211. The monoisotopic (exact) mass is 515 g/mol. The largest absolute Gasteiger partial charge is 0.395 e. The molecule has 9 heteroatoms. The van der Waals surface area contributed by atoms with Crippen LogP contribution in [-0.2, 0) is 10.2 Å². The van der Waals surface area contributed by atoms with Crippen LogP contribution in [0.1, 0.15) is 41.3 Å². The quantitative estimate of drug-likeness (QED) is 0.318. The molecule has 2 aromatic heterocycles. The van der Waals surface area contributed by atoms with Crippen LogP contribution in [-0.4, -0.2) is 45.0 Å². The van der Waals surface area contributed by atoms with Gasteiger partial charge in [0.05, 0.1) is 24.5 Å². The van der Waals surface area contributed by atoms with Crippen molar-refractivity contribution in [1.82, 2.24) is 20.3 Å². The molecule has 2 amide bonds. The van der Waals surface area contributed by atoms with Crippen molar-refractivity contribution in [2.45, 2.75) is 33.1 Å². The second-order valence-electron chi connectivity index (χ2n) is 9.41. The number of aliphatic hydroxyl groups excluding tert-OH is 1. The van der Waals surface area contributed by atoms with Gasteiger partial charge < -0.3 is 15.7 Å².